The molecular formula is C21H18ClN3O3. The van der Waals surface area contributed by atoms with Gasteiger partial charge in [-0.2, -0.15) is 0 Å². The van der Waals surface area contributed by atoms with Gasteiger partial charge in [0.2, 0.25) is 0 Å². The molecule has 0 spiro atoms. The van der Waals surface area contributed by atoms with Gasteiger partial charge in [0.1, 0.15) is 5.69 Å². The molecule has 0 atom stereocenters. The third kappa shape index (κ3) is 4.66. The maximum Gasteiger partial charge on any atom is 0.337 e. The van der Waals surface area contributed by atoms with Gasteiger partial charge in [-0.1, -0.05) is 17.7 Å². The van der Waals surface area contributed by atoms with Gasteiger partial charge >= 0.3 is 5.97 Å². The van der Waals surface area contributed by atoms with Gasteiger partial charge in [-0.25, -0.2) is 4.79 Å². The molecule has 1 aromatic heterocycles. The first kappa shape index (κ1) is 19.4. The Bertz CT molecular complexity index is 1020. The fourth-order valence-electron chi connectivity index (χ4n) is 2.47. The second-order valence-corrected chi connectivity index (χ2v) is 6.45. The van der Waals surface area contributed by atoms with Gasteiger partial charge in [0.15, 0.2) is 0 Å². The molecule has 1 amide bonds. The summed E-state index contributed by atoms with van der Waals surface area (Å²) in [5.41, 5.74) is 3.69. The lowest BCUT2D eigenvalue weighted by Crippen LogP contribution is -2.13. The summed E-state index contributed by atoms with van der Waals surface area (Å²) in [5.74, 6) is -0.741. The lowest BCUT2D eigenvalue weighted by atomic mass is 10.2. The van der Waals surface area contributed by atoms with Gasteiger partial charge in [-0.15, -0.1) is 0 Å². The molecule has 3 aromatic rings. The number of pyridine rings is 1. The second-order valence-electron chi connectivity index (χ2n) is 6.04. The Morgan fingerprint density at radius 3 is 2.36 bits per heavy atom. The average Bonchev–Trinajstić information content (AvgIpc) is 2.71. The fourth-order valence-corrected chi connectivity index (χ4v) is 2.65. The lowest BCUT2D eigenvalue weighted by Gasteiger charge is -2.10. The fraction of sp³-hybridized carbons (Fsp3) is 0.0952. The number of hydrogen-bond acceptors (Lipinski definition) is 5. The van der Waals surface area contributed by atoms with Gasteiger partial charge in [0.05, 0.1) is 12.7 Å². The van der Waals surface area contributed by atoms with E-state index in [-0.39, 0.29) is 11.6 Å². The number of halogens is 1. The van der Waals surface area contributed by atoms with Crippen molar-refractivity contribution in [3.8, 4) is 0 Å². The van der Waals surface area contributed by atoms with Crippen molar-refractivity contribution in [1.82, 2.24) is 4.98 Å². The summed E-state index contributed by atoms with van der Waals surface area (Å²) in [6.45, 7) is 1.89. The summed E-state index contributed by atoms with van der Waals surface area (Å²) in [4.78, 5) is 28.1. The summed E-state index contributed by atoms with van der Waals surface area (Å²) in [6, 6.07) is 15.5. The molecule has 0 bridgehead atoms. The molecule has 0 radical (unpaired) electrons. The van der Waals surface area contributed by atoms with Crippen molar-refractivity contribution in [2.75, 3.05) is 17.7 Å². The maximum atomic E-state index is 12.5. The quantitative estimate of drug-likeness (QED) is 0.605. The molecule has 1 heterocycles. The lowest BCUT2D eigenvalue weighted by molar-refractivity contribution is 0.0600. The molecule has 0 aliphatic rings. The smallest absolute Gasteiger partial charge is 0.337 e. The number of aromatic nitrogens is 1. The molecule has 2 aromatic carbocycles. The molecule has 3 rings (SSSR count). The van der Waals surface area contributed by atoms with E-state index >= 15 is 0 Å². The zero-order chi connectivity index (χ0) is 20.1. The van der Waals surface area contributed by atoms with E-state index in [2.05, 4.69) is 20.4 Å². The van der Waals surface area contributed by atoms with Crippen LogP contribution in [0.5, 0.6) is 0 Å². The SMILES string of the molecule is COC(=O)c1ccc(Nc2ccnc(C(=O)Nc3ccc(C)c(Cl)c3)c2)cc1. The van der Waals surface area contributed by atoms with Crippen LogP contribution in [0.3, 0.4) is 0 Å². The molecule has 6 nitrogen and oxygen atoms in total. The number of carbonyl (C=O) groups is 2. The van der Waals surface area contributed by atoms with Crippen LogP contribution in [-0.2, 0) is 4.74 Å². The second kappa shape index (κ2) is 8.54. The Labute approximate surface area is 167 Å². The van der Waals surface area contributed by atoms with Gasteiger partial charge in [0.25, 0.3) is 5.91 Å². The largest absolute Gasteiger partial charge is 0.465 e. The normalized spacial score (nSPS) is 10.2. The van der Waals surface area contributed by atoms with Crippen LogP contribution in [0.1, 0.15) is 26.4 Å². The summed E-state index contributed by atoms with van der Waals surface area (Å²) in [6.07, 6.45) is 1.54. The summed E-state index contributed by atoms with van der Waals surface area (Å²) in [5, 5.41) is 6.53. The highest BCUT2D eigenvalue weighted by atomic mass is 35.5. The zero-order valence-electron chi connectivity index (χ0n) is 15.3. The number of nitrogens with one attached hydrogen (secondary N) is 2. The molecule has 0 saturated heterocycles. The van der Waals surface area contributed by atoms with Crippen molar-refractivity contribution in [3.05, 3.63) is 82.6 Å². The van der Waals surface area contributed by atoms with Crippen LogP contribution in [0.4, 0.5) is 17.1 Å². The predicted molar refractivity (Wildman–Crippen MR) is 109 cm³/mol. The van der Waals surface area contributed by atoms with Gasteiger partial charge in [0, 0.05) is 28.3 Å². The van der Waals surface area contributed by atoms with E-state index in [4.69, 9.17) is 11.6 Å². The van der Waals surface area contributed by atoms with E-state index in [0.29, 0.717) is 22.0 Å². The van der Waals surface area contributed by atoms with E-state index in [1.165, 1.54) is 7.11 Å². The molecule has 142 valence electrons. The molecule has 0 unspecified atom stereocenters. The number of amides is 1. The van der Waals surface area contributed by atoms with Crippen LogP contribution in [-0.4, -0.2) is 24.0 Å². The highest BCUT2D eigenvalue weighted by Gasteiger charge is 2.10. The number of benzene rings is 2. The molecule has 0 saturated carbocycles. The highest BCUT2D eigenvalue weighted by Crippen LogP contribution is 2.21. The maximum absolute atomic E-state index is 12.5. The van der Waals surface area contributed by atoms with Gasteiger partial charge in [-0.05, 0) is 61.0 Å². The minimum absolute atomic E-state index is 0.257. The van der Waals surface area contributed by atoms with Crippen molar-refractivity contribution in [3.63, 3.8) is 0 Å². The summed E-state index contributed by atoms with van der Waals surface area (Å²) in [7, 11) is 1.34. The number of hydrogen-bond donors (Lipinski definition) is 2. The molecule has 28 heavy (non-hydrogen) atoms. The van der Waals surface area contributed by atoms with Crippen molar-refractivity contribution in [2.45, 2.75) is 6.92 Å². The number of methoxy groups -OCH3 is 1. The van der Waals surface area contributed by atoms with Gasteiger partial charge in [-0.3, -0.25) is 9.78 Å². The van der Waals surface area contributed by atoms with E-state index < -0.39 is 5.97 Å². The van der Waals surface area contributed by atoms with Crippen LogP contribution >= 0.6 is 11.6 Å². The Hall–Kier alpha value is -3.38. The first-order valence-corrected chi connectivity index (χ1v) is 8.83. The number of rotatable bonds is 5. The van der Waals surface area contributed by atoms with Crippen molar-refractivity contribution in [1.29, 1.82) is 0 Å². The minimum Gasteiger partial charge on any atom is -0.465 e. The number of carbonyl (C=O) groups excluding carboxylic acids is 2. The summed E-state index contributed by atoms with van der Waals surface area (Å²) < 4.78 is 4.68. The van der Waals surface area contributed by atoms with Crippen molar-refractivity contribution >= 4 is 40.5 Å². The third-order valence-electron chi connectivity index (χ3n) is 4.02. The average molecular weight is 396 g/mol. The standard InChI is InChI=1S/C21H18ClN3O3/c1-13-3-6-16(11-18(13)22)25-20(26)19-12-17(9-10-23-19)24-15-7-4-14(5-8-15)21(27)28-2/h3-12H,1-2H3,(H,23,24)(H,25,26). The third-order valence-corrected chi connectivity index (χ3v) is 4.42. The first-order valence-electron chi connectivity index (χ1n) is 8.45. The Morgan fingerprint density at radius 1 is 0.964 bits per heavy atom. The van der Waals surface area contributed by atoms with Crippen LogP contribution < -0.4 is 10.6 Å². The van der Waals surface area contributed by atoms with E-state index in [1.54, 1.807) is 54.7 Å². The molecule has 0 aliphatic carbocycles. The van der Waals surface area contributed by atoms with Crippen molar-refractivity contribution < 1.29 is 14.3 Å². The van der Waals surface area contributed by atoms with E-state index in [1.807, 2.05) is 13.0 Å². The van der Waals surface area contributed by atoms with Crippen LogP contribution in [0, 0.1) is 6.92 Å². The van der Waals surface area contributed by atoms with Crippen LogP contribution in [0.15, 0.2) is 60.8 Å². The Morgan fingerprint density at radius 2 is 1.68 bits per heavy atom. The van der Waals surface area contributed by atoms with Crippen LogP contribution in [0.2, 0.25) is 5.02 Å². The van der Waals surface area contributed by atoms with Crippen molar-refractivity contribution in [2.24, 2.45) is 0 Å². The van der Waals surface area contributed by atoms with Crippen LogP contribution in [0.25, 0.3) is 0 Å². The molecule has 2 N–H and O–H groups in total. The topological polar surface area (TPSA) is 80.3 Å². The summed E-state index contributed by atoms with van der Waals surface area (Å²) >= 11 is 6.09. The van der Waals surface area contributed by atoms with E-state index in [9.17, 15) is 9.59 Å². The highest BCUT2D eigenvalue weighted by molar-refractivity contribution is 6.31. The number of nitrogens with zero attached hydrogens (tertiary/aromatic N) is 1. The Kier molecular flexibility index (Phi) is 5.91. The number of esters is 1. The minimum atomic E-state index is -0.398. The predicted octanol–water partition coefficient (Wildman–Crippen LogP) is 4.83. The van der Waals surface area contributed by atoms with Gasteiger partial charge < -0.3 is 15.4 Å². The zero-order valence-corrected chi connectivity index (χ0v) is 16.1. The molecule has 7 heteroatoms. The monoisotopic (exact) mass is 395 g/mol. The number of anilines is 3. The molecule has 0 aliphatic heterocycles. The Balaban J connectivity index is 1.71. The number of aryl methyl sites for hydroxylation is 1. The first-order chi connectivity index (χ1) is 13.5. The van der Waals surface area contributed by atoms with E-state index in [0.717, 1.165) is 11.3 Å². The molecule has 0 fully saturated rings. The number of ether oxygens (including phenoxy) is 1. The molecular weight excluding hydrogens is 378 g/mol.